The van der Waals surface area contributed by atoms with Crippen LogP contribution in [-0.4, -0.2) is 76.5 Å². The topological polar surface area (TPSA) is 24.9 Å². The van der Waals surface area contributed by atoms with Gasteiger partial charge in [-0.15, -0.1) is 0 Å². The van der Waals surface area contributed by atoms with E-state index in [0.29, 0.717) is 5.92 Å². The molecule has 1 saturated heterocycles. The third-order valence-corrected chi connectivity index (χ3v) is 3.35. The molecule has 0 amide bonds. The van der Waals surface area contributed by atoms with Crippen molar-refractivity contribution in [3.63, 3.8) is 0 Å². The fraction of sp³-hybridized carbons (Fsp3) is 1.00. The number of nitrogens with zero attached hydrogens (tertiary/aromatic N) is 2. The number of hydrogen-bond donors (Lipinski definition) is 0. The highest BCUT2D eigenvalue weighted by molar-refractivity contribution is 4.68. The molecule has 0 radical (unpaired) electrons. The average Bonchev–Trinajstić information content (AvgIpc) is 2.31. The van der Waals surface area contributed by atoms with E-state index in [2.05, 4.69) is 23.8 Å². The Morgan fingerprint density at radius 1 is 1.12 bits per heavy atom. The van der Waals surface area contributed by atoms with Gasteiger partial charge in [-0.25, -0.2) is 0 Å². The molecule has 0 bridgehead atoms. The molecule has 0 saturated carbocycles. The minimum atomic E-state index is 0.601. The Hall–Kier alpha value is -0.160. The number of piperazine rings is 1. The Bertz CT molecular complexity index is 182. The molecule has 1 aliphatic rings. The van der Waals surface area contributed by atoms with Crippen LogP contribution in [0.3, 0.4) is 0 Å². The molecule has 0 aromatic heterocycles. The third-order valence-electron chi connectivity index (χ3n) is 3.35. The molecule has 1 aliphatic heterocycles. The summed E-state index contributed by atoms with van der Waals surface area (Å²) in [6.45, 7) is 10.6. The van der Waals surface area contributed by atoms with Crippen LogP contribution < -0.4 is 0 Å². The maximum atomic E-state index is 5.67. The van der Waals surface area contributed by atoms with Crippen molar-refractivity contribution in [2.45, 2.75) is 13.3 Å². The summed E-state index contributed by atoms with van der Waals surface area (Å²) in [6, 6.07) is 0. The van der Waals surface area contributed by atoms with Gasteiger partial charge >= 0.3 is 0 Å². The molecule has 1 heterocycles. The monoisotopic (exact) mass is 244 g/mol. The van der Waals surface area contributed by atoms with E-state index in [0.717, 1.165) is 32.8 Å². The first kappa shape index (κ1) is 14.9. The summed E-state index contributed by atoms with van der Waals surface area (Å²) in [5, 5.41) is 0. The van der Waals surface area contributed by atoms with E-state index in [1.54, 1.807) is 7.11 Å². The Morgan fingerprint density at radius 2 is 1.82 bits per heavy atom. The van der Waals surface area contributed by atoms with E-state index >= 15 is 0 Å². The number of methoxy groups -OCH3 is 1. The molecule has 1 rings (SSSR count). The van der Waals surface area contributed by atoms with Gasteiger partial charge in [0.2, 0.25) is 0 Å². The molecule has 0 spiro atoms. The van der Waals surface area contributed by atoms with Crippen molar-refractivity contribution >= 4 is 0 Å². The number of hydrogen-bond acceptors (Lipinski definition) is 4. The highest BCUT2D eigenvalue weighted by Crippen LogP contribution is 2.02. The third kappa shape index (κ3) is 6.99. The number of ether oxygens (including phenoxy) is 2. The molecule has 0 N–H and O–H groups in total. The molecule has 0 aromatic rings. The van der Waals surface area contributed by atoms with Crippen LogP contribution in [0, 0.1) is 5.92 Å². The van der Waals surface area contributed by atoms with Crippen molar-refractivity contribution in [3.05, 3.63) is 0 Å². The van der Waals surface area contributed by atoms with Crippen molar-refractivity contribution in [1.82, 2.24) is 9.80 Å². The van der Waals surface area contributed by atoms with Crippen LogP contribution in [-0.2, 0) is 9.47 Å². The van der Waals surface area contributed by atoms with Gasteiger partial charge in [0.15, 0.2) is 0 Å². The summed E-state index contributed by atoms with van der Waals surface area (Å²) in [6.07, 6.45) is 1.09. The lowest BCUT2D eigenvalue weighted by atomic mass is 10.1. The van der Waals surface area contributed by atoms with Gasteiger partial charge in [-0.3, -0.25) is 4.90 Å². The van der Waals surface area contributed by atoms with E-state index in [-0.39, 0.29) is 0 Å². The first-order valence-corrected chi connectivity index (χ1v) is 6.70. The maximum absolute atomic E-state index is 5.67. The van der Waals surface area contributed by atoms with Gasteiger partial charge < -0.3 is 14.4 Å². The first-order valence-electron chi connectivity index (χ1n) is 6.70. The van der Waals surface area contributed by atoms with Crippen molar-refractivity contribution in [2.75, 3.05) is 66.7 Å². The van der Waals surface area contributed by atoms with Gasteiger partial charge in [0, 0.05) is 53.0 Å². The Morgan fingerprint density at radius 3 is 2.47 bits per heavy atom. The Labute approximate surface area is 106 Å². The normalized spacial score (nSPS) is 20.6. The second-order valence-electron chi connectivity index (χ2n) is 5.11. The van der Waals surface area contributed by atoms with Crippen molar-refractivity contribution in [1.29, 1.82) is 0 Å². The summed E-state index contributed by atoms with van der Waals surface area (Å²) in [7, 11) is 3.94. The molecular weight excluding hydrogens is 216 g/mol. The van der Waals surface area contributed by atoms with Crippen LogP contribution in [0.15, 0.2) is 0 Å². The van der Waals surface area contributed by atoms with E-state index in [4.69, 9.17) is 9.47 Å². The second kappa shape index (κ2) is 8.86. The Balaban J connectivity index is 1.90. The lowest BCUT2D eigenvalue weighted by Crippen LogP contribution is -2.45. The standard InChI is InChI=1S/C13H28N2O2/c1-13(12-16-3)4-10-17-11-9-15-7-5-14(2)6-8-15/h13H,4-12H2,1-3H3. The molecule has 1 unspecified atom stereocenters. The molecule has 0 aromatic carbocycles. The lowest BCUT2D eigenvalue weighted by Gasteiger charge is -2.32. The van der Waals surface area contributed by atoms with Gasteiger partial charge in [-0.1, -0.05) is 6.92 Å². The van der Waals surface area contributed by atoms with E-state index in [9.17, 15) is 0 Å². The minimum absolute atomic E-state index is 0.601. The van der Waals surface area contributed by atoms with Gasteiger partial charge in [-0.05, 0) is 19.4 Å². The van der Waals surface area contributed by atoms with Gasteiger partial charge in [0.1, 0.15) is 0 Å². The van der Waals surface area contributed by atoms with Crippen molar-refractivity contribution < 1.29 is 9.47 Å². The first-order chi connectivity index (χ1) is 8.22. The molecule has 102 valence electrons. The zero-order chi connectivity index (χ0) is 12.5. The zero-order valence-corrected chi connectivity index (χ0v) is 11.7. The van der Waals surface area contributed by atoms with E-state index in [1.807, 2.05) is 0 Å². The summed E-state index contributed by atoms with van der Waals surface area (Å²) < 4.78 is 10.8. The minimum Gasteiger partial charge on any atom is -0.384 e. The van der Waals surface area contributed by atoms with E-state index in [1.165, 1.54) is 26.2 Å². The van der Waals surface area contributed by atoms with Gasteiger partial charge in [0.05, 0.1) is 6.61 Å². The predicted octanol–water partition coefficient (Wildman–Crippen LogP) is 0.923. The quantitative estimate of drug-likeness (QED) is 0.593. The summed E-state index contributed by atoms with van der Waals surface area (Å²) in [5.74, 6) is 0.601. The van der Waals surface area contributed by atoms with Crippen molar-refractivity contribution in [3.8, 4) is 0 Å². The molecule has 1 atom stereocenters. The van der Waals surface area contributed by atoms with E-state index < -0.39 is 0 Å². The average molecular weight is 244 g/mol. The fourth-order valence-corrected chi connectivity index (χ4v) is 2.02. The van der Waals surface area contributed by atoms with Crippen LogP contribution in [0.25, 0.3) is 0 Å². The predicted molar refractivity (Wildman–Crippen MR) is 70.4 cm³/mol. The largest absolute Gasteiger partial charge is 0.384 e. The van der Waals surface area contributed by atoms with Crippen LogP contribution in [0.5, 0.6) is 0 Å². The summed E-state index contributed by atoms with van der Waals surface area (Å²) in [4.78, 5) is 4.86. The molecular formula is C13H28N2O2. The SMILES string of the molecule is COCC(C)CCOCCN1CCN(C)CC1. The Kier molecular flexibility index (Phi) is 7.77. The highest BCUT2D eigenvalue weighted by atomic mass is 16.5. The highest BCUT2D eigenvalue weighted by Gasteiger charge is 2.12. The van der Waals surface area contributed by atoms with Crippen LogP contribution in [0.4, 0.5) is 0 Å². The van der Waals surface area contributed by atoms with Crippen LogP contribution >= 0.6 is 0 Å². The van der Waals surface area contributed by atoms with Crippen molar-refractivity contribution in [2.24, 2.45) is 5.92 Å². The fourth-order valence-electron chi connectivity index (χ4n) is 2.02. The summed E-state index contributed by atoms with van der Waals surface area (Å²) >= 11 is 0. The zero-order valence-electron chi connectivity index (χ0n) is 11.7. The molecule has 17 heavy (non-hydrogen) atoms. The smallest absolute Gasteiger partial charge is 0.0593 e. The maximum Gasteiger partial charge on any atom is 0.0593 e. The number of rotatable bonds is 8. The molecule has 1 fully saturated rings. The molecule has 4 nitrogen and oxygen atoms in total. The lowest BCUT2D eigenvalue weighted by molar-refractivity contribution is 0.0677. The van der Waals surface area contributed by atoms with Gasteiger partial charge in [-0.2, -0.15) is 0 Å². The van der Waals surface area contributed by atoms with Crippen LogP contribution in [0.1, 0.15) is 13.3 Å². The molecule has 4 heteroatoms. The van der Waals surface area contributed by atoms with Gasteiger partial charge in [0.25, 0.3) is 0 Å². The number of likely N-dealkylation sites (N-methyl/N-ethyl adjacent to an activating group) is 1. The molecule has 0 aliphatic carbocycles. The second-order valence-corrected chi connectivity index (χ2v) is 5.11. The van der Waals surface area contributed by atoms with Crippen LogP contribution in [0.2, 0.25) is 0 Å². The summed E-state index contributed by atoms with van der Waals surface area (Å²) in [5.41, 5.74) is 0.